The summed E-state index contributed by atoms with van der Waals surface area (Å²) in [4.78, 5) is 23.6. The minimum absolute atomic E-state index is 0.202. The van der Waals surface area contributed by atoms with E-state index in [1.54, 1.807) is 26.6 Å². The standard InChI is InChI=1S/C21H28N4O3/c1-4-17-7-5-6-10-25(17)21-23-13-16(14-24-21)20(26)22-12-15-8-9-18(27-2)19(11-15)28-3/h8-9,11,13-14,17H,4-7,10,12H2,1-3H3,(H,22,26). The highest BCUT2D eigenvalue weighted by Gasteiger charge is 2.23. The molecule has 1 unspecified atom stereocenters. The molecule has 0 aliphatic carbocycles. The van der Waals surface area contributed by atoms with Crippen molar-refractivity contribution in [2.75, 3.05) is 25.7 Å². The van der Waals surface area contributed by atoms with E-state index in [1.807, 2.05) is 18.2 Å². The van der Waals surface area contributed by atoms with Crippen LogP contribution in [0.2, 0.25) is 0 Å². The van der Waals surface area contributed by atoms with Gasteiger partial charge in [-0.15, -0.1) is 0 Å². The molecule has 1 aromatic heterocycles. The lowest BCUT2D eigenvalue weighted by atomic mass is 10.0. The van der Waals surface area contributed by atoms with Crippen LogP contribution >= 0.6 is 0 Å². The number of nitrogens with one attached hydrogen (secondary N) is 1. The normalized spacial score (nSPS) is 16.5. The third kappa shape index (κ3) is 4.52. The van der Waals surface area contributed by atoms with E-state index in [-0.39, 0.29) is 5.91 Å². The highest BCUT2D eigenvalue weighted by atomic mass is 16.5. The van der Waals surface area contributed by atoms with Gasteiger partial charge in [0.15, 0.2) is 11.5 Å². The first-order valence-corrected chi connectivity index (χ1v) is 9.74. The molecule has 0 saturated carbocycles. The van der Waals surface area contributed by atoms with E-state index in [1.165, 1.54) is 12.8 Å². The second-order valence-corrected chi connectivity index (χ2v) is 6.90. The molecule has 1 N–H and O–H groups in total. The number of carbonyl (C=O) groups excluding carboxylic acids is 1. The predicted molar refractivity (Wildman–Crippen MR) is 108 cm³/mol. The van der Waals surface area contributed by atoms with E-state index in [0.717, 1.165) is 24.9 Å². The number of nitrogens with zero attached hydrogens (tertiary/aromatic N) is 3. The molecule has 0 bridgehead atoms. The molecule has 2 aromatic rings. The number of hydrogen-bond acceptors (Lipinski definition) is 6. The first-order chi connectivity index (χ1) is 13.7. The largest absolute Gasteiger partial charge is 0.493 e. The molecule has 1 fully saturated rings. The Morgan fingerprint density at radius 1 is 1.18 bits per heavy atom. The fraction of sp³-hybridized carbons (Fsp3) is 0.476. The molecule has 1 saturated heterocycles. The smallest absolute Gasteiger partial charge is 0.254 e. The minimum atomic E-state index is -0.202. The number of ether oxygens (including phenoxy) is 2. The molecule has 1 aliphatic rings. The quantitative estimate of drug-likeness (QED) is 0.790. The van der Waals surface area contributed by atoms with Crippen LogP contribution in [0.5, 0.6) is 11.5 Å². The van der Waals surface area contributed by atoms with Gasteiger partial charge in [-0.2, -0.15) is 0 Å². The Kier molecular flexibility index (Phi) is 6.68. The van der Waals surface area contributed by atoms with Gasteiger partial charge in [-0.25, -0.2) is 9.97 Å². The summed E-state index contributed by atoms with van der Waals surface area (Å²) >= 11 is 0. The van der Waals surface area contributed by atoms with Gasteiger partial charge in [0.2, 0.25) is 5.95 Å². The topological polar surface area (TPSA) is 76.6 Å². The molecule has 0 radical (unpaired) electrons. The van der Waals surface area contributed by atoms with E-state index in [0.29, 0.717) is 35.6 Å². The Morgan fingerprint density at radius 2 is 1.93 bits per heavy atom. The van der Waals surface area contributed by atoms with Gasteiger partial charge in [0.25, 0.3) is 5.91 Å². The first-order valence-electron chi connectivity index (χ1n) is 9.74. The van der Waals surface area contributed by atoms with Crippen LogP contribution in [-0.2, 0) is 6.54 Å². The second-order valence-electron chi connectivity index (χ2n) is 6.90. The number of piperidine rings is 1. The number of hydrogen-bond donors (Lipinski definition) is 1. The average Bonchev–Trinajstić information content (AvgIpc) is 2.77. The summed E-state index contributed by atoms with van der Waals surface area (Å²) in [7, 11) is 3.18. The summed E-state index contributed by atoms with van der Waals surface area (Å²) in [5, 5.41) is 2.89. The summed E-state index contributed by atoms with van der Waals surface area (Å²) in [6, 6.07) is 6.04. The van der Waals surface area contributed by atoms with Crippen LogP contribution in [-0.4, -0.2) is 42.7 Å². The zero-order valence-corrected chi connectivity index (χ0v) is 16.8. The Bertz CT molecular complexity index is 795. The van der Waals surface area contributed by atoms with E-state index < -0.39 is 0 Å². The van der Waals surface area contributed by atoms with Crippen molar-refractivity contribution >= 4 is 11.9 Å². The lowest BCUT2D eigenvalue weighted by Gasteiger charge is -2.35. The van der Waals surface area contributed by atoms with E-state index in [9.17, 15) is 4.79 Å². The van der Waals surface area contributed by atoms with Crippen molar-refractivity contribution in [3.63, 3.8) is 0 Å². The van der Waals surface area contributed by atoms with Crippen LogP contribution in [0.15, 0.2) is 30.6 Å². The maximum absolute atomic E-state index is 12.4. The molecule has 0 spiro atoms. The number of anilines is 1. The van der Waals surface area contributed by atoms with Crippen molar-refractivity contribution in [3.05, 3.63) is 41.7 Å². The molecule has 7 nitrogen and oxygen atoms in total. The van der Waals surface area contributed by atoms with Crippen LogP contribution < -0.4 is 19.7 Å². The number of aromatic nitrogens is 2. The van der Waals surface area contributed by atoms with E-state index in [2.05, 4.69) is 27.1 Å². The number of amides is 1. The van der Waals surface area contributed by atoms with E-state index >= 15 is 0 Å². The van der Waals surface area contributed by atoms with Crippen LogP contribution in [0.1, 0.15) is 48.5 Å². The number of rotatable bonds is 7. The number of carbonyl (C=O) groups is 1. The second kappa shape index (κ2) is 9.39. The molecule has 1 aliphatic heterocycles. The maximum atomic E-state index is 12.4. The molecule has 7 heteroatoms. The Labute approximate surface area is 166 Å². The highest BCUT2D eigenvalue weighted by Crippen LogP contribution is 2.27. The summed E-state index contributed by atoms with van der Waals surface area (Å²) < 4.78 is 10.5. The third-order valence-corrected chi connectivity index (χ3v) is 5.16. The molecule has 1 aromatic carbocycles. The fourth-order valence-corrected chi connectivity index (χ4v) is 3.55. The molecule has 150 valence electrons. The van der Waals surface area contributed by atoms with Gasteiger partial charge in [-0.1, -0.05) is 13.0 Å². The monoisotopic (exact) mass is 384 g/mol. The lowest BCUT2D eigenvalue weighted by molar-refractivity contribution is 0.0950. The summed E-state index contributed by atoms with van der Waals surface area (Å²) in [5.41, 5.74) is 1.37. The predicted octanol–water partition coefficient (Wildman–Crippen LogP) is 3.19. The molecular weight excluding hydrogens is 356 g/mol. The van der Waals surface area contributed by atoms with Gasteiger partial charge in [0.1, 0.15) is 0 Å². The molecule has 28 heavy (non-hydrogen) atoms. The van der Waals surface area contributed by atoms with Crippen molar-refractivity contribution in [2.24, 2.45) is 0 Å². The SMILES string of the molecule is CCC1CCCCN1c1ncc(C(=O)NCc2ccc(OC)c(OC)c2)cn1. The molecule has 1 atom stereocenters. The van der Waals surface area contributed by atoms with Crippen molar-refractivity contribution in [1.29, 1.82) is 0 Å². The van der Waals surface area contributed by atoms with Crippen molar-refractivity contribution in [3.8, 4) is 11.5 Å². The van der Waals surface area contributed by atoms with Gasteiger partial charge in [-0.3, -0.25) is 4.79 Å². The minimum Gasteiger partial charge on any atom is -0.493 e. The van der Waals surface area contributed by atoms with Crippen LogP contribution in [0.4, 0.5) is 5.95 Å². The van der Waals surface area contributed by atoms with Gasteiger partial charge in [-0.05, 0) is 43.4 Å². The molecule has 1 amide bonds. The summed E-state index contributed by atoms with van der Waals surface area (Å²) in [5.74, 6) is 1.80. The van der Waals surface area contributed by atoms with Crippen molar-refractivity contribution < 1.29 is 14.3 Å². The van der Waals surface area contributed by atoms with Crippen LogP contribution in [0, 0.1) is 0 Å². The van der Waals surface area contributed by atoms with E-state index in [4.69, 9.17) is 9.47 Å². The van der Waals surface area contributed by atoms with Crippen LogP contribution in [0.3, 0.4) is 0 Å². The Balaban J connectivity index is 1.62. The van der Waals surface area contributed by atoms with Gasteiger partial charge >= 0.3 is 0 Å². The zero-order chi connectivity index (χ0) is 19.9. The average molecular weight is 384 g/mol. The van der Waals surface area contributed by atoms with Crippen LogP contribution in [0.25, 0.3) is 0 Å². The zero-order valence-electron chi connectivity index (χ0n) is 16.8. The molecule has 2 heterocycles. The lowest BCUT2D eigenvalue weighted by Crippen LogP contribution is -2.40. The summed E-state index contributed by atoms with van der Waals surface area (Å²) in [6.07, 6.45) is 7.88. The van der Waals surface area contributed by atoms with Crippen molar-refractivity contribution in [1.82, 2.24) is 15.3 Å². The Morgan fingerprint density at radius 3 is 2.61 bits per heavy atom. The third-order valence-electron chi connectivity index (χ3n) is 5.16. The highest BCUT2D eigenvalue weighted by molar-refractivity contribution is 5.93. The van der Waals surface area contributed by atoms with Crippen molar-refractivity contribution in [2.45, 2.75) is 45.2 Å². The maximum Gasteiger partial charge on any atom is 0.254 e. The number of methoxy groups -OCH3 is 2. The first kappa shape index (κ1) is 19.9. The number of benzene rings is 1. The molecule has 3 rings (SSSR count). The van der Waals surface area contributed by atoms with Gasteiger partial charge in [0.05, 0.1) is 19.8 Å². The summed E-state index contributed by atoms with van der Waals surface area (Å²) in [6.45, 7) is 3.55. The Hall–Kier alpha value is -2.83. The van der Waals surface area contributed by atoms with Gasteiger partial charge in [0, 0.05) is 31.5 Å². The fourth-order valence-electron chi connectivity index (χ4n) is 3.55. The molecular formula is C21H28N4O3. The van der Waals surface area contributed by atoms with Gasteiger partial charge < -0.3 is 19.7 Å².